The van der Waals surface area contributed by atoms with Gasteiger partial charge in [-0.05, 0) is 13.0 Å². The molecule has 7 heteroatoms. The van der Waals surface area contributed by atoms with Gasteiger partial charge < -0.3 is 10.8 Å². The van der Waals surface area contributed by atoms with Crippen LogP contribution in [-0.2, 0) is 7.05 Å². The summed E-state index contributed by atoms with van der Waals surface area (Å²) in [5, 5.41) is 23.8. The normalized spacial score (nSPS) is 12.8. The molecule has 14 heavy (non-hydrogen) atoms. The van der Waals surface area contributed by atoms with E-state index < -0.39 is 11.0 Å². The number of hydrogen-bond donors (Lipinski definition) is 2. The van der Waals surface area contributed by atoms with Crippen LogP contribution >= 0.6 is 0 Å². The Hall–Kier alpha value is -1.47. The van der Waals surface area contributed by atoms with E-state index in [9.17, 15) is 15.2 Å². The number of rotatable bonds is 4. The molecule has 1 aromatic heterocycles. The van der Waals surface area contributed by atoms with Gasteiger partial charge in [0.1, 0.15) is 18.0 Å². The average Bonchev–Trinajstić information content (AvgIpc) is 2.47. The zero-order valence-corrected chi connectivity index (χ0v) is 7.75. The second kappa shape index (κ2) is 4.16. The Morgan fingerprint density at radius 1 is 1.86 bits per heavy atom. The van der Waals surface area contributed by atoms with Crippen molar-refractivity contribution in [2.45, 2.75) is 12.5 Å². The summed E-state index contributed by atoms with van der Waals surface area (Å²) >= 11 is 0. The Balaban J connectivity index is 3.04. The van der Waals surface area contributed by atoms with Crippen molar-refractivity contribution in [3.05, 3.63) is 22.0 Å². The largest absolute Gasteiger partial charge is 0.386 e. The Kier molecular flexibility index (Phi) is 3.15. The summed E-state index contributed by atoms with van der Waals surface area (Å²) in [6, 6.07) is 0. The van der Waals surface area contributed by atoms with E-state index in [-0.39, 0.29) is 24.3 Å². The molecule has 0 amide bonds. The first-order chi connectivity index (χ1) is 6.57. The third-order valence-corrected chi connectivity index (χ3v) is 1.92. The van der Waals surface area contributed by atoms with Gasteiger partial charge in [-0.3, -0.25) is 14.8 Å². The zero-order chi connectivity index (χ0) is 10.7. The van der Waals surface area contributed by atoms with Crippen LogP contribution in [0.4, 0.5) is 5.69 Å². The molecule has 0 saturated heterocycles. The highest BCUT2D eigenvalue weighted by Crippen LogP contribution is 2.25. The Morgan fingerprint density at radius 2 is 2.50 bits per heavy atom. The minimum atomic E-state index is -0.937. The first-order valence-corrected chi connectivity index (χ1v) is 4.12. The van der Waals surface area contributed by atoms with E-state index >= 15 is 0 Å². The quantitative estimate of drug-likeness (QED) is 0.513. The van der Waals surface area contributed by atoms with Gasteiger partial charge in [0.05, 0.1) is 4.92 Å². The number of aryl methyl sites for hydroxylation is 1. The second-order valence-corrected chi connectivity index (χ2v) is 2.89. The summed E-state index contributed by atoms with van der Waals surface area (Å²) in [7, 11) is 1.54. The molecule has 1 atom stereocenters. The first kappa shape index (κ1) is 10.6. The fourth-order valence-electron chi connectivity index (χ4n) is 1.26. The highest BCUT2D eigenvalue weighted by atomic mass is 16.6. The van der Waals surface area contributed by atoms with E-state index in [1.54, 1.807) is 7.05 Å². The number of aromatic nitrogens is 2. The van der Waals surface area contributed by atoms with Gasteiger partial charge in [-0.25, -0.2) is 0 Å². The van der Waals surface area contributed by atoms with Crippen LogP contribution in [0.25, 0.3) is 0 Å². The molecule has 7 nitrogen and oxygen atoms in total. The van der Waals surface area contributed by atoms with Gasteiger partial charge in [0.25, 0.3) is 0 Å². The molecule has 0 saturated carbocycles. The smallest absolute Gasteiger partial charge is 0.312 e. The molecule has 3 N–H and O–H groups in total. The molecule has 0 spiro atoms. The molecule has 0 aliphatic rings. The van der Waals surface area contributed by atoms with Gasteiger partial charge in [-0.2, -0.15) is 5.10 Å². The summed E-state index contributed by atoms with van der Waals surface area (Å²) < 4.78 is 1.29. The number of nitrogens with zero attached hydrogens (tertiary/aromatic N) is 3. The lowest BCUT2D eigenvalue weighted by molar-refractivity contribution is -0.386. The molecule has 0 aliphatic heterocycles. The van der Waals surface area contributed by atoms with Crippen LogP contribution in [0.5, 0.6) is 0 Å². The van der Waals surface area contributed by atoms with Crippen molar-refractivity contribution in [3.8, 4) is 0 Å². The number of aliphatic hydroxyl groups is 1. The maximum Gasteiger partial charge on any atom is 0.312 e. The standard InChI is InChI=1S/C7H12N4O3/c1-10-7(6(12)2-3-8)5(4-9-10)11(13)14/h4,6,12H,2-3,8H2,1H3/t6-/m0/s1. The average molecular weight is 200 g/mol. The molecule has 0 aliphatic carbocycles. The van der Waals surface area contributed by atoms with Crippen LogP contribution in [0.2, 0.25) is 0 Å². The number of nitrogens with two attached hydrogens (primary N) is 1. The van der Waals surface area contributed by atoms with Crippen molar-refractivity contribution in [3.63, 3.8) is 0 Å². The van der Waals surface area contributed by atoms with E-state index in [2.05, 4.69) is 5.10 Å². The van der Waals surface area contributed by atoms with E-state index in [1.807, 2.05) is 0 Å². The summed E-state index contributed by atoms with van der Waals surface area (Å²) in [5.41, 5.74) is 5.27. The Morgan fingerprint density at radius 3 is 3.00 bits per heavy atom. The third-order valence-electron chi connectivity index (χ3n) is 1.92. The third kappa shape index (κ3) is 1.88. The van der Waals surface area contributed by atoms with Gasteiger partial charge in [0.2, 0.25) is 0 Å². The highest BCUT2D eigenvalue weighted by molar-refractivity contribution is 5.34. The number of aliphatic hydroxyl groups excluding tert-OH is 1. The van der Waals surface area contributed by atoms with Gasteiger partial charge in [-0.15, -0.1) is 0 Å². The van der Waals surface area contributed by atoms with E-state index in [4.69, 9.17) is 5.73 Å². The molecule has 0 radical (unpaired) electrons. The van der Waals surface area contributed by atoms with Gasteiger partial charge in [-0.1, -0.05) is 0 Å². The SMILES string of the molecule is Cn1ncc([N+](=O)[O-])c1[C@@H](O)CCN. The summed E-state index contributed by atoms with van der Waals surface area (Å²) in [6.07, 6.45) is 0.461. The highest BCUT2D eigenvalue weighted by Gasteiger charge is 2.24. The van der Waals surface area contributed by atoms with Crippen LogP contribution < -0.4 is 5.73 Å². The molecular weight excluding hydrogens is 188 g/mol. The summed E-state index contributed by atoms with van der Waals surface area (Å²) in [4.78, 5) is 9.99. The second-order valence-electron chi connectivity index (χ2n) is 2.89. The fraction of sp³-hybridized carbons (Fsp3) is 0.571. The molecule has 1 rings (SSSR count). The van der Waals surface area contributed by atoms with Crippen LogP contribution in [-0.4, -0.2) is 26.4 Å². The maximum absolute atomic E-state index is 10.6. The minimum Gasteiger partial charge on any atom is -0.386 e. The van der Waals surface area contributed by atoms with Crippen molar-refractivity contribution in [2.75, 3.05) is 6.54 Å². The maximum atomic E-state index is 10.6. The Bertz CT molecular complexity index is 336. The predicted molar refractivity (Wildman–Crippen MR) is 48.5 cm³/mol. The molecule has 0 unspecified atom stereocenters. The molecule has 78 valence electrons. The minimum absolute atomic E-state index is 0.173. The first-order valence-electron chi connectivity index (χ1n) is 4.12. The van der Waals surface area contributed by atoms with Crippen LogP contribution in [0.3, 0.4) is 0 Å². The van der Waals surface area contributed by atoms with Crippen molar-refractivity contribution >= 4 is 5.69 Å². The molecule has 1 aromatic rings. The Labute approximate surface area is 80.3 Å². The lowest BCUT2D eigenvalue weighted by Crippen LogP contribution is -2.12. The van der Waals surface area contributed by atoms with Crippen LogP contribution in [0, 0.1) is 10.1 Å². The lowest BCUT2D eigenvalue weighted by atomic mass is 10.1. The van der Waals surface area contributed by atoms with Crippen molar-refractivity contribution < 1.29 is 10.0 Å². The zero-order valence-electron chi connectivity index (χ0n) is 7.75. The molecule has 0 aromatic carbocycles. The van der Waals surface area contributed by atoms with Gasteiger partial charge in [0.15, 0.2) is 0 Å². The molecular formula is C7H12N4O3. The topological polar surface area (TPSA) is 107 Å². The van der Waals surface area contributed by atoms with E-state index in [1.165, 1.54) is 4.68 Å². The lowest BCUT2D eigenvalue weighted by Gasteiger charge is -2.08. The van der Waals surface area contributed by atoms with Crippen LogP contribution in [0.15, 0.2) is 6.20 Å². The predicted octanol–water partition coefficient (Wildman–Crippen LogP) is -0.290. The van der Waals surface area contributed by atoms with Crippen molar-refractivity contribution in [2.24, 2.45) is 12.8 Å². The van der Waals surface area contributed by atoms with Gasteiger partial charge >= 0.3 is 5.69 Å². The monoisotopic (exact) mass is 200 g/mol. The fourth-order valence-corrected chi connectivity index (χ4v) is 1.26. The molecule has 0 fully saturated rings. The van der Waals surface area contributed by atoms with Crippen molar-refractivity contribution in [1.29, 1.82) is 0 Å². The number of nitro groups is 1. The summed E-state index contributed by atoms with van der Waals surface area (Å²) in [5.74, 6) is 0. The van der Waals surface area contributed by atoms with Crippen LogP contribution in [0.1, 0.15) is 18.2 Å². The molecule has 1 heterocycles. The van der Waals surface area contributed by atoms with E-state index in [0.717, 1.165) is 6.20 Å². The van der Waals surface area contributed by atoms with Crippen molar-refractivity contribution in [1.82, 2.24) is 9.78 Å². The van der Waals surface area contributed by atoms with Gasteiger partial charge in [0, 0.05) is 7.05 Å². The summed E-state index contributed by atoms with van der Waals surface area (Å²) in [6.45, 7) is 0.267. The molecule has 0 bridgehead atoms. The van der Waals surface area contributed by atoms with E-state index in [0.29, 0.717) is 0 Å². The number of hydrogen-bond acceptors (Lipinski definition) is 5.